The van der Waals surface area contributed by atoms with Crippen LogP contribution in [0.25, 0.3) is 0 Å². The molecule has 0 unspecified atom stereocenters. The summed E-state index contributed by atoms with van der Waals surface area (Å²) in [4.78, 5) is 12.7. The molecular weight excluding hydrogens is 352 g/mol. The minimum Gasteiger partial charge on any atom is -0.497 e. The molecule has 0 aliphatic heterocycles. The minimum absolute atomic E-state index is 0.131. The van der Waals surface area contributed by atoms with Gasteiger partial charge in [-0.05, 0) is 49.2 Å². The fraction of sp³-hybridized carbons (Fsp3) is 0.316. The van der Waals surface area contributed by atoms with E-state index in [-0.39, 0.29) is 10.8 Å². The molecule has 2 aromatic rings. The molecule has 0 fully saturated rings. The van der Waals surface area contributed by atoms with Crippen LogP contribution in [-0.4, -0.2) is 27.5 Å². The average Bonchev–Trinajstić information content (AvgIpc) is 2.60. The maximum absolute atomic E-state index is 12.6. The van der Waals surface area contributed by atoms with E-state index in [0.717, 1.165) is 5.56 Å². The standard InChI is InChI=1S/C19H24N2O4S/c1-13(2)18(19(22)20-15-7-9-16(25-4)10-8-15)21-26(23,24)17-11-5-14(3)6-12-17/h5-13,18,21H,1-4H3,(H,20,22)/t18-/m0/s1. The van der Waals surface area contributed by atoms with Gasteiger partial charge in [-0.3, -0.25) is 4.79 Å². The highest BCUT2D eigenvalue weighted by Crippen LogP contribution is 2.17. The van der Waals surface area contributed by atoms with Gasteiger partial charge >= 0.3 is 0 Å². The van der Waals surface area contributed by atoms with Gasteiger partial charge in [-0.2, -0.15) is 4.72 Å². The highest BCUT2D eigenvalue weighted by atomic mass is 32.2. The van der Waals surface area contributed by atoms with Gasteiger partial charge in [0.2, 0.25) is 15.9 Å². The lowest BCUT2D eigenvalue weighted by Crippen LogP contribution is -2.47. The van der Waals surface area contributed by atoms with E-state index in [2.05, 4.69) is 10.0 Å². The van der Waals surface area contributed by atoms with Gasteiger partial charge in [-0.15, -0.1) is 0 Å². The molecule has 0 heterocycles. The second-order valence-corrected chi connectivity index (χ2v) is 8.09. The number of carbonyl (C=O) groups is 1. The van der Waals surface area contributed by atoms with Gasteiger partial charge in [-0.1, -0.05) is 31.5 Å². The van der Waals surface area contributed by atoms with Gasteiger partial charge in [-0.25, -0.2) is 8.42 Å². The van der Waals surface area contributed by atoms with Crippen LogP contribution in [0.1, 0.15) is 19.4 Å². The van der Waals surface area contributed by atoms with Crippen molar-refractivity contribution in [3.63, 3.8) is 0 Å². The van der Waals surface area contributed by atoms with Crippen molar-refractivity contribution in [3.05, 3.63) is 54.1 Å². The van der Waals surface area contributed by atoms with E-state index in [0.29, 0.717) is 11.4 Å². The van der Waals surface area contributed by atoms with Crippen LogP contribution in [0.5, 0.6) is 5.75 Å². The maximum Gasteiger partial charge on any atom is 0.242 e. The van der Waals surface area contributed by atoms with Crippen LogP contribution in [0.2, 0.25) is 0 Å². The number of nitrogens with one attached hydrogen (secondary N) is 2. The Labute approximate surface area is 154 Å². The zero-order chi connectivity index (χ0) is 19.3. The molecule has 1 atom stereocenters. The van der Waals surface area contributed by atoms with Crippen molar-refractivity contribution in [2.45, 2.75) is 31.7 Å². The predicted molar refractivity (Wildman–Crippen MR) is 102 cm³/mol. The first kappa shape index (κ1) is 19.9. The maximum atomic E-state index is 12.6. The topological polar surface area (TPSA) is 84.5 Å². The van der Waals surface area contributed by atoms with Crippen molar-refractivity contribution in [2.75, 3.05) is 12.4 Å². The Morgan fingerprint density at radius 3 is 2.08 bits per heavy atom. The Balaban J connectivity index is 2.16. The van der Waals surface area contributed by atoms with Crippen LogP contribution in [0, 0.1) is 12.8 Å². The predicted octanol–water partition coefficient (Wildman–Crippen LogP) is 2.95. The number of amides is 1. The van der Waals surface area contributed by atoms with Crippen LogP contribution >= 0.6 is 0 Å². The van der Waals surface area contributed by atoms with Gasteiger partial charge in [0, 0.05) is 5.69 Å². The Kier molecular flexibility index (Phi) is 6.39. The van der Waals surface area contributed by atoms with Crippen LogP contribution in [0.4, 0.5) is 5.69 Å². The molecule has 0 aliphatic rings. The first-order chi connectivity index (χ1) is 12.2. The zero-order valence-electron chi connectivity index (χ0n) is 15.3. The number of aryl methyl sites for hydroxylation is 1. The number of ether oxygens (including phenoxy) is 1. The largest absolute Gasteiger partial charge is 0.497 e. The summed E-state index contributed by atoms with van der Waals surface area (Å²) in [5.74, 6) is 0.0257. The van der Waals surface area contributed by atoms with Crippen molar-refractivity contribution in [1.82, 2.24) is 4.72 Å². The first-order valence-electron chi connectivity index (χ1n) is 8.27. The number of benzene rings is 2. The Hall–Kier alpha value is -2.38. The molecule has 0 spiro atoms. The smallest absolute Gasteiger partial charge is 0.242 e. The molecule has 0 aromatic heterocycles. The van der Waals surface area contributed by atoms with Crippen LogP contribution in [-0.2, 0) is 14.8 Å². The molecular formula is C19H24N2O4S. The van der Waals surface area contributed by atoms with E-state index < -0.39 is 22.0 Å². The van der Waals surface area contributed by atoms with E-state index in [9.17, 15) is 13.2 Å². The fourth-order valence-electron chi connectivity index (χ4n) is 2.34. The summed E-state index contributed by atoms with van der Waals surface area (Å²) in [7, 11) is -2.24. The lowest BCUT2D eigenvalue weighted by Gasteiger charge is -2.21. The molecule has 2 aromatic carbocycles. The Morgan fingerprint density at radius 2 is 1.58 bits per heavy atom. The number of anilines is 1. The van der Waals surface area contributed by atoms with Crippen molar-refractivity contribution in [2.24, 2.45) is 5.92 Å². The number of sulfonamides is 1. The number of hydrogen-bond donors (Lipinski definition) is 2. The van der Waals surface area contributed by atoms with Gasteiger partial charge in [0.05, 0.1) is 12.0 Å². The summed E-state index contributed by atoms with van der Waals surface area (Å²) < 4.78 is 32.8. The zero-order valence-corrected chi connectivity index (χ0v) is 16.1. The van der Waals surface area contributed by atoms with Gasteiger partial charge in [0.15, 0.2) is 0 Å². The van der Waals surface area contributed by atoms with Crippen molar-refractivity contribution in [1.29, 1.82) is 0 Å². The van der Waals surface area contributed by atoms with Crippen LogP contribution in [0.3, 0.4) is 0 Å². The van der Waals surface area contributed by atoms with Crippen molar-refractivity contribution < 1.29 is 17.9 Å². The average molecular weight is 376 g/mol. The third-order valence-electron chi connectivity index (χ3n) is 3.92. The quantitative estimate of drug-likeness (QED) is 0.778. The fourth-order valence-corrected chi connectivity index (χ4v) is 3.68. The van der Waals surface area contributed by atoms with E-state index >= 15 is 0 Å². The molecule has 0 bridgehead atoms. The molecule has 0 aliphatic carbocycles. The van der Waals surface area contributed by atoms with Crippen molar-refractivity contribution in [3.8, 4) is 5.75 Å². The van der Waals surface area contributed by atoms with Gasteiger partial charge < -0.3 is 10.1 Å². The van der Waals surface area contributed by atoms with Gasteiger partial charge in [0.25, 0.3) is 0 Å². The minimum atomic E-state index is -3.80. The summed E-state index contributed by atoms with van der Waals surface area (Å²) >= 11 is 0. The molecule has 26 heavy (non-hydrogen) atoms. The van der Waals surface area contributed by atoms with E-state index in [1.807, 2.05) is 6.92 Å². The molecule has 0 radical (unpaired) electrons. The normalized spacial score (nSPS) is 12.7. The third-order valence-corrected chi connectivity index (χ3v) is 5.38. The van der Waals surface area contributed by atoms with E-state index in [1.54, 1.807) is 57.4 Å². The summed E-state index contributed by atoms with van der Waals surface area (Å²) in [5, 5.41) is 2.74. The molecule has 2 rings (SSSR count). The molecule has 0 saturated carbocycles. The van der Waals surface area contributed by atoms with Crippen LogP contribution < -0.4 is 14.8 Å². The Bertz CT molecular complexity index is 844. The van der Waals surface area contributed by atoms with E-state index in [4.69, 9.17) is 4.74 Å². The number of carbonyl (C=O) groups excluding carboxylic acids is 1. The summed E-state index contributed by atoms with van der Waals surface area (Å²) in [6.07, 6.45) is 0. The third kappa shape index (κ3) is 5.06. The molecule has 1 amide bonds. The lowest BCUT2D eigenvalue weighted by molar-refractivity contribution is -0.118. The number of hydrogen-bond acceptors (Lipinski definition) is 4. The molecule has 2 N–H and O–H groups in total. The summed E-state index contributed by atoms with van der Waals surface area (Å²) in [5.41, 5.74) is 1.53. The molecule has 0 saturated heterocycles. The first-order valence-corrected chi connectivity index (χ1v) is 9.75. The highest BCUT2D eigenvalue weighted by molar-refractivity contribution is 7.89. The second kappa shape index (κ2) is 8.33. The molecule has 140 valence electrons. The Morgan fingerprint density at radius 1 is 1.00 bits per heavy atom. The molecule has 7 heteroatoms. The SMILES string of the molecule is COc1ccc(NC(=O)[C@@H](NS(=O)(=O)c2ccc(C)cc2)C(C)C)cc1. The summed E-state index contributed by atoms with van der Waals surface area (Å²) in [6.45, 7) is 5.45. The monoisotopic (exact) mass is 376 g/mol. The van der Waals surface area contributed by atoms with E-state index in [1.165, 1.54) is 12.1 Å². The highest BCUT2D eigenvalue weighted by Gasteiger charge is 2.28. The second-order valence-electron chi connectivity index (χ2n) is 6.37. The number of rotatable bonds is 7. The van der Waals surface area contributed by atoms with Gasteiger partial charge in [0.1, 0.15) is 11.8 Å². The van der Waals surface area contributed by atoms with Crippen LogP contribution in [0.15, 0.2) is 53.4 Å². The lowest BCUT2D eigenvalue weighted by atomic mass is 10.0. The summed E-state index contributed by atoms with van der Waals surface area (Å²) in [6, 6.07) is 12.4. The molecule has 6 nitrogen and oxygen atoms in total. The van der Waals surface area contributed by atoms with Crippen molar-refractivity contribution >= 4 is 21.6 Å². The number of methoxy groups -OCH3 is 1.